The molecular formula is C36H52N8O4Si. The van der Waals surface area contributed by atoms with E-state index < -0.39 is 13.9 Å². The number of carbonyl (C=O) groups excluding carboxylic acids is 2. The minimum atomic E-state index is -2.00. The van der Waals surface area contributed by atoms with Crippen LogP contribution in [0.25, 0.3) is 16.6 Å². The van der Waals surface area contributed by atoms with Gasteiger partial charge in [0.05, 0.1) is 24.1 Å². The van der Waals surface area contributed by atoms with Gasteiger partial charge in [-0.3, -0.25) is 14.5 Å². The highest BCUT2D eigenvalue weighted by Gasteiger charge is 2.41. The highest BCUT2D eigenvalue weighted by molar-refractivity contribution is 6.74. The molecule has 0 spiro atoms. The number of amides is 2. The SMILES string of the molecule is Cc1cn2cc(NC(=O)c3ccc(N4CCC(N(C(=O)OC(C)(C)C)C5CC5)CC4)c4cn(C)nc34)nc2c(CO[Si](C)(C)C(C)(C)C)n1. The molecule has 4 heterocycles. The second kappa shape index (κ2) is 12.7. The number of rotatable bonds is 8. The molecule has 13 heteroatoms. The lowest BCUT2D eigenvalue weighted by Crippen LogP contribution is -2.50. The quantitative estimate of drug-likeness (QED) is 0.195. The van der Waals surface area contributed by atoms with Gasteiger partial charge in [0, 0.05) is 55.7 Å². The Morgan fingerprint density at radius 3 is 2.29 bits per heavy atom. The van der Waals surface area contributed by atoms with E-state index in [0.29, 0.717) is 29.2 Å². The van der Waals surface area contributed by atoms with E-state index in [1.807, 2.05) is 74.8 Å². The number of nitrogens with zero attached hydrogens (tertiary/aromatic N) is 7. The van der Waals surface area contributed by atoms with Crippen LogP contribution >= 0.6 is 0 Å². The maximum Gasteiger partial charge on any atom is 0.410 e. The Balaban J connectivity index is 1.18. The smallest absolute Gasteiger partial charge is 0.410 e. The van der Waals surface area contributed by atoms with Crippen molar-refractivity contribution in [3.63, 3.8) is 0 Å². The molecule has 3 aromatic heterocycles. The summed E-state index contributed by atoms with van der Waals surface area (Å²) in [5, 5.41) is 8.71. The van der Waals surface area contributed by atoms with Crippen LogP contribution in [0.1, 0.15) is 89.0 Å². The van der Waals surface area contributed by atoms with E-state index in [4.69, 9.17) is 24.2 Å². The average molecular weight is 689 g/mol. The van der Waals surface area contributed by atoms with E-state index >= 15 is 0 Å². The van der Waals surface area contributed by atoms with Gasteiger partial charge in [-0.1, -0.05) is 20.8 Å². The van der Waals surface area contributed by atoms with Crippen LogP contribution in [0.15, 0.2) is 30.7 Å². The molecule has 6 rings (SSSR count). The monoisotopic (exact) mass is 688 g/mol. The normalized spacial score (nSPS) is 16.4. The summed E-state index contributed by atoms with van der Waals surface area (Å²) >= 11 is 0. The third kappa shape index (κ3) is 7.47. The summed E-state index contributed by atoms with van der Waals surface area (Å²) in [6, 6.07) is 4.30. The van der Waals surface area contributed by atoms with Gasteiger partial charge in [0.25, 0.3) is 5.91 Å². The fourth-order valence-electron chi connectivity index (χ4n) is 6.32. The van der Waals surface area contributed by atoms with Crippen LogP contribution in [0, 0.1) is 6.92 Å². The topological polar surface area (TPSA) is 119 Å². The van der Waals surface area contributed by atoms with Crippen molar-refractivity contribution in [2.45, 2.75) is 117 Å². The number of aromatic nitrogens is 5. The average Bonchev–Trinajstić information content (AvgIpc) is 3.61. The first-order valence-corrected chi connectivity index (χ1v) is 20.3. The van der Waals surface area contributed by atoms with Gasteiger partial charge in [-0.15, -0.1) is 0 Å². The summed E-state index contributed by atoms with van der Waals surface area (Å²) in [6.07, 6.45) is 9.27. The second-order valence-corrected chi connectivity index (χ2v) is 21.0. The Hall–Kier alpha value is -3.97. The fraction of sp³-hybridized carbons (Fsp3) is 0.583. The summed E-state index contributed by atoms with van der Waals surface area (Å²) < 4.78 is 15.9. The molecule has 1 aromatic carbocycles. The molecule has 2 fully saturated rings. The van der Waals surface area contributed by atoms with Crippen LogP contribution in [0.4, 0.5) is 16.3 Å². The van der Waals surface area contributed by atoms with Crippen LogP contribution in [0.3, 0.4) is 0 Å². The Morgan fingerprint density at radius 1 is 0.980 bits per heavy atom. The number of piperidine rings is 1. The molecule has 0 atom stereocenters. The second-order valence-electron chi connectivity index (χ2n) is 16.2. The number of anilines is 2. The third-order valence-corrected chi connectivity index (χ3v) is 14.5. The van der Waals surface area contributed by atoms with Gasteiger partial charge in [0.1, 0.15) is 16.8 Å². The standard InChI is InChI=1S/C36H52N8O4Si/c1-23-19-43-21-30(38-32(43)28(37-23)22-47-49(9,10)36(5,6)7)39-33(45)26-13-14-29(27-20-41(8)40-31(26)27)42-17-15-25(16-18-42)44(24-11-12-24)34(46)48-35(2,3)4/h13-14,19-21,24-25H,11-12,15-18,22H2,1-10H3,(H,39,45). The number of imidazole rings is 1. The number of nitrogens with one attached hydrogen (secondary N) is 1. The molecule has 0 unspecified atom stereocenters. The Kier molecular flexibility index (Phi) is 9.06. The first-order valence-electron chi connectivity index (χ1n) is 17.4. The fourth-order valence-corrected chi connectivity index (χ4v) is 7.25. The number of carbonyl (C=O) groups is 2. The summed E-state index contributed by atoms with van der Waals surface area (Å²) in [7, 11) is -0.129. The highest BCUT2D eigenvalue weighted by Crippen LogP contribution is 2.38. The molecule has 4 aromatic rings. The summed E-state index contributed by atoms with van der Waals surface area (Å²) in [5.74, 6) is 0.157. The van der Waals surface area contributed by atoms with Gasteiger partial charge in [-0.2, -0.15) is 5.10 Å². The molecule has 1 N–H and O–H groups in total. The third-order valence-electron chi connectivity index (χ3n) is 10.0. The van der Waals surface area contributed by atoms with Gasteiger partial charge in [0.2, 0.25) is 0 Å². The summed E-state index contributed by atoms with van der Waals surface area (Å²) in [4.78, 5) is 40.7. The molecule has 1 aliphatic carbocycles. The van der Waals surface area contributed by atoms with Crippen LogP contribution < -0.4 is 10.2 Å². The molecule has 0 bridgehead atoms. The number of benzene rings is 1. The van der Waals surface area contributed by atoms with E-state index in [1.165, 1.54) is 0 Å². The van der Waals surface area contributed by atoms with Crippen molar-refractivity contribution in [1.82, 2.24) is 29.0 Å². The zero-order valence-corrected chi connectivity index (χ0v) is 31.8. The van der Waals surface area contributed by atoms with Gasteiger partial charge < -0.3 is 28.7 Å². The molecule has 1 saturated carbocycles. The van der Waals surface area contributed by atoms with Crippen LogP contribution in [0.5, 0.6) is 0 Å². The number of ether oxygens (including phenoxy) is 1. The lowest BCUT2D eigenvalue weighted by molar-refractivity contribution is 0.0114. The first-order chi connectivity index (χ1) is 22.9. The van der Waals surface area contributed by atoms with Crippen molar-refractivity contribution < 1.29 is 18.8 Å². The van der Waals surface area contributed by atoms with Gasteiger partial charge in [-0.05, 0) is 83.6 Å². The van der Waals surface area contributed by atoms with Crippen molar-refractivity contribution in [3.8, 4) is 0 Å². The van der Waals surface area contributed by atoms with Crippen molar-refractivity contribution >= 4 is 48.4 Å². The van der Waals surface area contributed by atoms with Crippen molar-refractivity contribution in [2.24, 2.45) is 7.05 Å². The molecule has 264 valence electrons. The zero-order chi connectivity index (χ0) is 35.5. The molecular weight excluding hydrogens is 637 g/mol. The Labute approximate surface area is 290 Å². The minimum Gasteiger partial charge on any atom is -0.444 e. The maximum atomic E-state index is 13.8. The number of hydrogen-bond donors (Lipinski definition) is 1. The van der Waals surface area contributed by atoms with Crippen molar-refractivity contribution in [1.29, 1.82) is 0 Å². The number of fused-ring (bicyclic) bond motifs is 2. The lowest BCUT2D eigenvalue weighted by atomic mass is 10.0. The van der Waals surface area contributed by atoms with E-state index in [-0.39, 0.29) is 29.1 Å². The molecule has 1 saturated heterocycles. The number of hydrogen-bond acceptors (Lipinski definition) is 8. The van der Waals surface area contributed by atoms with Crippen molar-refractivity contribution in [2.75, 3.05) is 23.3 Å². The Morgan fingerprint density at radius 2 is 1.65 bits per heavy atom. The molecule has 2 amide bonds. The predicted octanol–water partition coefficient (Wildman–Crippen LogP) is 7.07. The highest BCUT2D eigenvalue weighted by atomic mass is 28.4. The van der Waals surface area contributed by atoms with E-state index in [9.17, 15) is 9.59 Å². The van der Waals surface area contributed by atoms with Crippen LogP contribution in [-0.4, -0.2) is 80.1 Å². The summed E-state index contributed by atoms with van der Waals surface area (Å²) in [5.41, 5.74) is 3.88. The molecule has 49 heavy (non-hydrogen) atoms. The van der Waals surface area contributed by atoms with E-state index in [2.05, 4.69) is 44.1 Å². The van der Waals surface area contributed by atoms with Gasteiger partial charge >= 0.3 is 6.09 Å². The maximum absolute atomic E-state index is 13.8. The van der Waals surface area contributed by atoms with Crippen molar-refractivity contribution in [3.05, 3.63) is 47.7 Å². The van der Waals surface area contributed by atoms with E-state index in [0.717, 1.165) is 61.2 Å². The lowest BCUT2D eigenvalue weighted by Gasteiger charge is -2.40. The Bertz CT molecular complexity index is 1870. The summed E-state index contributed by atoms with van der Waals surface area (Å²) in [6.45, 7) is 20.7. The first kappa shape index (κ1) is 34.9. The zero-order valence-electron chi connectivity index (χ0n) is 30.8. The van der Waals surface area contributed by atoms with Crippen LogP contribution in [-0.2, 0) is 22.8 Å². The largest absolute Gasteiger partial charge is 0.444 e. The van der Waals surface area contributed by atoms with Gasteiger partial charge in [-0.25, -0.2) is 9.78 Å². The molecule has 12 nitrogen and oxygen atoms in total. The van der Waals surface area contributed by atoms with Gasteiger partial charge in [0.15, 0.2) is 19.8 Å². The number of aryl methyl sites for hydroxylation is 2. The predicted molar refractivity (Wildman–Crippen MR) is 195 cm³/mol. The molecule has 1 aliphatic heterocycles. The molecule has 2 aliphatic rings. The van der Waals surface area contributed by atoms with E-state index in [1.54, 1.807) is 4.68 Å². The minimum absolute atomic E-state index is 0.0729. The molecule has 0 radical (unpaired) electrons. The van der Waals surface area contributed by atoms with Crippen LogP contribution in [0.2, 0.25) is 18.1 Å².